The van der Waals surface area contributed by atoms with Crippen molar-refractivity contribution in [3.63, 3.8) is 0 Å². The van der Waals surface area contributed by atoms with Crippen molar-refractivity contribution in [3.8, 4) is 0 Å². The Kier molecular flexibility index (Phi) is 4.55. The lowest BCUT2D eigenvalue weighted by atomic mass is 10.0. The van der Waals surface area contributed by atoms with E-state index in [2.05, 4.69) is 46.4 Å². The second-order valence-electron chi connectivity index (χ2n) is 4.89. The van der Waals surface area contributed by atoms with Gasteiger partial charge in [-0.05, 0) is 19.8 Å². The summed E-state index contributed by atoms with van der Waals surface area (Å²) >= 11 is 0. The van der Waals surface area contributed by atoms with Gasteiger partial charge in [0.05, 0.1) is 12.7 Å². The van der Waals surface area contributed by atoms with Crippen molar-refractivity contribution in [2.45, 2.75) is 40.2 Å². The molecule has 0 aliphatic carbocycles. The molecular weight excluding hydrogens is 254 g/mol. The van der Waals surface area contributed by atoms with E-state index in [9.17, 15) is 0 Å². The third-order valence-corrected chi connectivity index (χ3v) is 2.88. The number of rotatable bonds is 6. The van der Waals surface area contributed by atoms with Gasteiger partial charge in [0.2, 0.25) is 5.89 Å². The van der Waals surface area contributed by atoms with Gasteiger partial charge in [-0.15, -0.1) is 0 Å². The molecule has 2 heterocycles. The van der Waals surface area contributed by atoms with Gasteiger partial charge < -0.3 is 15.1 Å². The summed E-state index contributed by atoms with van der Waals surface area (Å²) in [6, 6.07) is 0. The van der Waals surface area contributed by atoms with Crippen molar-refractivity contribution in [2.75, 3.05) is 17.2 Å². The van der Waals surface area contributed by atoms with Crippen LogP contribution in [0.5, 0.6) is 0 Å². The van der Waals surface area contributed by atoms with Gasteiger partial charge in [-0.1, -0.05) is 13.8 Å². The Morgan fingerprint density at radius 1 is 1.15 bits per heavy atom. The molecule has 6 nitrogen and oxygen atoms in total. The second kappa shape index (κ2) is 6.36. The number of hydrogen-bond acceptors (Lipinski definition) is 6. The first-order valence-corrected chi connectivity index (χ1v) is 6.85. The third kappa shape index (κ3) is 3.26. The number of anilines is 2. The van der Waals surface area contributed by atoms with Crippen molar-refractivity contribution in [2.24, 2.45) is 0 Å². The number of oxazole rings is 1. The molecule has 2 aromatic heterocycles. The molecule has 2 N–H and O–H groups in total. The molecule has 0 unspecified atom stereocenters. The Labute approximate surface area is 119 Å². The summed E-state index contributed by atoms with van der Waals surface area (Å²) in [5.74, 6) is 3.48. The van der Waals surface area contributed by atoms with Gasteiger partial charge in [0, 0.05) is 12.1 Å². The summed E-state index contributed by atoms with van der Waals surface area (Å²) in [6.07, 6.45) is 3.28. The highest BCUT2D eigenvalue weighted by atomic mass is 16.4. The Morgan fingerprint density at radius 2 is 1.85 bits per heavy atom. The average molecular weight is 275 g/mol. The first-order chi connectivity index (χ1) is 9.61. The highest BCUT2D eigenvalue weighted by Gasteiger charge is 2.14. The van der Waals surface area contributed by atoms with Crippen LogP contribution in [-0.4, -0.2) is 21.5 Å². The molecule has 0 fully saturated rings. The number of aryl methyl sites for hydroxylation is 1. The van der Waals surface area contributed by atoms with E-state index in [1.165, 1.54) is 0 Å². The Bertz CT molecular complexity index is 564. The van der Waals surface area contributed by atoms with Crippen LogP contribution >= 0.6 is 0 Å². The molecule has 0 saturated carbocycles. The molecule has 20 heavy (non-hydrogen) atoms. The molecular formula is C14H21N5O. The van der Waals surface area contributed by atoms with E-state index in [4.69, 9.17) is 4.42 Å². The molecule has 6 heteroatoms. The monoisotopic (exact) mass is 275 g/mol. The lowest BCUT2D eigenvalue weighted by Crippen LogP contribution is -2.11. The zero-order valence-corrected chi connectivity index (χ0v) is 12.4. The van der Waals surface area contributed by atoms with E-state index in [0.717, 1.165) is 29.5 Å². The highest BCUT2D eigenvalue weighted by Crippen LogP contribution is 2.28. The molecule has 0 aliphatic rings. The van der Waals surface area contributed by atoms with Gasteiger partial charge in [0.25, 0.3) is 0 Å². The molecule has 2 aromatic rings. The van der Waals surface area contributed by atoms with Gasteiger partial charge in [0.1, 0.15) is 23.7 Å². The summed E-state index contributed by atoms with van der Waals surface area (Å²) < 4.78 is 5.45. The molecule has 0 radical (unpaired) electrons. The van der Waals surface area contributed by atoms with Crippen LogP contribution in [0, 0.1) is 6.92 Å². The number of hydrogen-bond donors (Lipinski definition) is 2. The molecule has 2 rings (SSSR count). The van der Waals surface area contributed by atoms with E-state index in [1.54, 1.807) is 12.5 Å². The molecule has 108 valence electrons. The van der Waals surface area contributed by atoms with Crippen molar-refractivity contribution < 1.29 is 4.42 Å². The smallest absolute Gasteiger partial charge is 0.213 e. The van der Waals surface area contributed by atoms with Gasteiger partial charge in [0.15, 0.2) is 0 Å². The van der Waals surface area contributed by atoms with Crippen LogP contribution in [0.25, 0.3) is 0 Å². The van der Waals surface area contributed by atoms with Crippen LogP contribution < -0.4 is 10.6 Å². The van der Waals surface area contributed by atoms with Crippen LogP contribution in [-0.2, 0) is 6.54 Å². The lowest BCUT2D eigenvalue weighted by Gasteiger charge is -2.16. The normalized spacial score (nSPS) is 10.8. The predicted octanol–water partition coefficient (Wildman–Crippen LogP) is 2.94. The first kappa shape index (κ1) is 14.3. The zero-order chi connectivity index (χ0) is 14.5. The SMILES string of the molecule is CCNc1ncnc(NCc2ncc(C)o2)c1C(C)C. The molecule has 0 bridgehead atoms. The maximum Gasteiger partial charge on any atom is 0.213 e. The van der Waals surface area contributed by atoms with Crippen LogP contribution in [0.15, 0.2) is 16.9 Å². The van der Waals surface area contributed by atoms with Crippen LogP contribution in [0.3, 0.4) is 0 Å². The standard InChI is InChI=1S/C14H21N5O/c1-5-15-13-12(9(2)3)14(19-8-18-13)17-7-11-16-6-10(4)20-11/h6,8-9H,5,7H2,1-4H3,(H2,15,17,18,19). The minimum Gasteiger partial charge on any atom is -0.444 e. The van der Waals surface area contributed by atoms with E-state index in [-0.39, 0.29) is 0 Å². The molecule has 0 aliphatic heterocycles. The zero-order valence-electron chi connectivity index (χ0n) is 12.4. The lowest BCUT2D eigenvalue weighted by molar-refractivity contribution is 0.478. The minimum absolute atomic E-state index is 0.319. The van der Waals surface area contributed by atoms with E-state index in [1.807, 2.05) is 6.92 Å². The third-order valence-electron chi connectivity index (χ3n) is 2.88. The molecule has 0 amide bonds. The number of nitrogens with one attached hydrogen (secondary N) is 2. The summed E-state index contributed by atoms with van der Waals surface area (Å²) in [7, 11) is 0. The molecule has 0 spiro atoms. The van der Waals surface area contributed by atoms with Crippen molar-refractivity contribution in [1.82, 2.24) is 15.0 Å². The van der Waals surface area contributed by atoms with E-state index in [0.29, 0.717) is 18.4 Å². The van der Waals surface area contributed by atoms with Crippen LogP contribution in [0.4, 0.5) is 11.6 Å². The Balaban J connectivity index is 2.19. The fourth-order valence-corrected chi connectivity index (χ4v) is 2.03. The maximum absolute atomic E-state index is 5.45. The summed E-state index contributed by atoms with van der Waals surface area (Å²) in [5.41, 5.74) is 1.08. The average Bonchev–Trinajstić information content (AvgIpc) is 2.82. The summed E-state index contributed by atoms with van der Waals surface area (Å²) in [5, 5.41) is 6.55. The summed E-state index contributed by atoms with van der Waals surface area (Å²) in [6.45, 7) is 9.52. The van der Waals surface area contributed by atoms with Gasteiger partial charge in [-0.25, -0.2) is 15.0 Å². The maximum atomic E-state index is 5.45. The fraction of sp³-hybridized carbons (Fsp3) is 0.500. The van der Waals surface area contributed by atoms with Crippen LogP contribution in [0.2, 0.25) is 0 Å². The van der Waals surface area contributed by atoms with Gasteiger partial charge in [-0.2, -0.15) is 0 Å². The largest absolute Gasteiger partial charge is 0.444 e. The number of aromatic nitrogens is 3. The van der Waals surface area contributed by atoms with Gasteiger partial charge >= 0.3 is 0 Å². The van der Waals surface area contributed by atoms with E-state index < -0.39 is 0 Å². The van der Waals surface area contributed by atoms with Crippen molar-refractivity contribution in [1.29, 1.82) is 0 Å². The fourth-order valence-electron chi connectivity index (χ4n) is 2.03. The van der Waals surface area contributed by atoms with Crippen LogP contribution in [0.1, 0.15) is 43.9 Å². The van der Waals surface area contributed by atoms with Crippen molar-refractivity contribution in [3.05, 3.63) is 29.7 Å². The highest BCUT2D eigenvalue weighted by molar-refractivity contribution is 5.58. The first-order valence-electron chi connectivity index (χ1n) is 6.85. The van der Waals surface area contributed by atoms with Gasteiger partial charge in [-0.3, -0.25) is 0 Å². The predicted molar refractivity (Wildman–Crippen MR) is 78.9 cm³/mol. The second-order valence-corrected chi connectivity index (χ2v) is 4.89. The quantitative estimate of drug-likeness (QED) is 0.844. The summed E-state index contributed by atoms with van der Waals surface area (Å²) in [4.78, 5) is 12.8. The molecule has 0 saturated heterocycles. The Hall–Kier alpha value is -2.11. The molecule has 0 aromatic carbocycles. The minimum atomic E-state index is 0.319. The number of nitrogens with zero attached hydrogens (tertiary/aromatic N) is 3. The van der Waals surface area contributed by atoms with Crippen molar-refractivity contribution >= 4 is 11.6 Å². The topological polar surface area (TPSA) is 75.9 Å². The molecule has 0 atom stereocenters. The van der Waals surface area contributed by atoms with E-state index >= 15 is 0 Å². The Morgan fingerprint density at radius 3 is 2.40 bits per heavy atom.